The van der Waals surface area contributed by atoms with Crippen LogP contribution in [0, 0.1) is 0 Å². The van der Waals surface area contributed by atoms with Crippen LogP contribution in [0.25, 0.3) is 0 Å². The van der Waals surface area contributed by atoms with Gasteiger partial charge in [0.15, 0.2) is 5.96 Å². The highest BCUT2D eigenvalue weighted by molar-refractivity contribution is 5.82. The molecule has 0 saturated carbocycles. The van der Waals surface area contributed by atoms with Crippen LogP contribution in [0.4, 0.5) is 10.6 Å². The van der Waals surface area contributed by atoms with E-state index in [4.69, 9.17) is 9.73 Å². The van der Waals surface area contributed by atoms with Crippen LogP contribution in [0.1, 0.15) is 45.6 Å². The molecule has 2 saturated heterocycles. The van der Waals surface area contributed by atoms with E-state index in [0.717, 1.165) is 38.0 Å². The second-order valence-electron chi connectivity index (χ2n) is 9.36. The van der Waals surface area contributed by atoms with Crippen molar-refractivity contribution < 1.29 is 9.53 Å². The van der Waals surface area contributed by atoms with Crippen LogP contribution in [0.2, 0.25) is 0 Å². The summed E-state index contributed by atoms with van der Waals surface area (Å²) in [5, 5.41) is 3.50. The lowest BCUT2D eigenvalue weighted by Gasteiger charge is -2.39. The molecule has 1 N–H and O–H groups in total. The van der Waals surface area contributed by atoms with Crippen molar-refractivity contribution in [1.29, 1.82) is 0 Å². The van der Waals surface area contributed by atoms with E-state index < -0.39 is 5.60 Å². The second kappa shape index (κ2) is 8.70. The third-order valence-electron chi connectivity index (χ3n) is 5.80. The largest absolute Gasteiger partial charge is 0.444 e. The second-order valence-corrected chi connectivity index (χ2v) is 9.36. The Kier molecular flexibility index (Phi) is 6.01. The Morgan fingerprint density at radius 3 is 2.77 bits per heavy atom. The number of ether oxygens (including phenoxy) is 1. The zero-order valence-corrected chi connectivity index (χ0v) is 18.4. The van der Waals surface area contributed by atoms with Crippen LogP contribution in [0.5, 0.6) is 0 Å². The van der Waals surface area contributed by atoms with Gasteiger partial charge < -0.3 is 24.8 Å². The topological polar surface area (TPSA) is 73.3 Å². The predicted molar refractivity (Wildman–Crippen MR) is 118 cm³/mol. The first-order valence-corrected chi connectivity index (χ1v) is 11.1. The molecule has 3 aliphatic heterocycles. The summed E-state index contributed by atoms with van der Waals surface area (Å²) in [7, 11) is 0. The highest BCUT2D eigenvalue weighted by atomic mass is 16.6. The van der Waals surface area contributed by atoms with Crippen molar-refractivity contribution in [1.82, 2.24) is 20.1 Å². The fourth-order valence-corrected chi connectivity index (χ4v) is 4.27. The lowest BCUT2D eigenvalue weighted by Crippen LogP contribution is -2.57. The fraction of sp³-hybridized carbons (Fsp3) is 0.682. The maximum absolute atomic E-state index is 12.4. The molecule has 4 rings (SSSR count). The van der Waals surface area contributed by atoms with Gasteiger partial charge in [0.05, 0.1) is 12.6 Å². The summed E-state index contributed by atoms with van der Waals surface area (Å²) in [6.07, 6.45) is 5.49. The van der Waals surface area contributed by atoms with Crippen molar-refractivity contribution >= 4 is 17.9 Å². The molecular formula is C22H34N6O2. The number of rotatable bonds is 3. The van der Waals surface area contributed by atoms with E-state index in [9.17, 15) is 4.79 Å². The third kappa shape index (κ3) is 4.96. The van der Waals surface area contributed by atoms with Gasteiger partial charge in [0.1, 0.15) is 11.4 Å². The van der Waals surface area contributed by atoms with Gasteiger partial charge in [0.2, 0.25) is 0 Å². The first kappa shape index (κ1) is 20.8. The molecule has 2 fully saturated rings. The molecule has 1 atom stereocenters. The van der Waals surface area contributed by atoms with Crippen LogP contribution in [0.15, 0.2) is 23.3 Å². The van der Waals surface area contributed by atoms with Gasteiger partial charge in [-0.05, 0) is 57.7 Å². The number of nitrogens with zero attached hydrogens (tertiary/aromatic N) is 5. The molecule has 1 amide bonds. The average molecular weight is 415 g/mol. The van der Waals surface area contributed by atoms with E-state index in [2.05, 4.69) is 32.2 Å². The lowest BCUT2D eigenvalue weighted by atomic mass is 10.1. The molecule has 3 aliphatic rings. The number of anilines is 1. The molecule has 0 aromatic carbocycles. The minimum atomic E-state index is -0.468. The zero-order chi connectivity index (χ0) is 21.1. The van der Waals surface area contributed by atoms with Crippen LogP contribution in [-0.4, -0.2) is 77.7 Å². The van der Waals surface area contributed by atoms with Crippen LogP contribution >= 0.6 is 0 Å². The molecule has 1 unspecified atom stereocenters. The van der Waals surface area contributed by atoms with Gasteiger partial charge >= 0.3 is 6.09 Å². The van der Waals surface area contributed by atoms with Gasteiger partial charge in [-0.25, -0.2) is 9.78 Å². The van der Waals surface area contributed by atoms with Crippen molar-refractivity contribution in [3.63, 3.8) is 0 Å². The number of amides is 1. The number of nitrogens with one attached hydrogen (secondary N) is 1. The van der Waals surface area contributed by atoms with Gasteiger partial charge in [-0.2, -0.15) is 0 Å². The van der Waals surface area contributed by atoms with Crippen molar-refractivity contribution in [2.24, 2.45) is 4.99 Å². The lowest BCUT2D eigenvalue weighted by molar-refractivity contribution is 0.0137. The van der Waals surface area contributed by atoms with E-state index in [1.54, 1.807) is 4.90 Å². The third-order valence-corrected chi connectivity index (χ3v) is 5.80. The molecule has 8 nitrogen and oxygen atoms in total. The summed E-state index contributed by atoms with van der Waals surface area (Å²) in [5.74, 6) is 2.01. The minimum absolute atomic E-state index is 0.218. The Balaban J connectivity index is 1.30. The van der Waals surface area contributed by atoms with E-state index in [1.807, 2.05) is 27.0 Å². The highest BCUT2D eigenvalue weighted by Crippen LogP contribution is 2.20. The number of hydrogen-bond donors (Lipinski definition) is 1. The van der Waals surface area contributed by atoms with E-state index in [-0.39, 0.29) is 12.1 Å². The molecule has 1 aromatic heterocycles. The molecule has 0 spiro atoms. The number of fused-ring (bicyclic) bond motifs is 1. The van der Waals surface area contributed by atoms with Crippen molar-refractivity contribution in [2.75, 3.05) is 44.2 Å². The number of aromatic nitrogens is 1. The van der Waals surface area contributed by atoms with Crippen molar-refractivity contribution in [2.45, 2.75) is 58.2 Å². The number of carbonyl (C=O) groups excluding carboxylic acids is 1. The Morgan fingerprint density at radius 1 is 1.20 bits per heavy atom. The van der Waals surface area contributed by atoms with E-state index in [1.165, 1.54) is 24.8 Å². The highest BCUT2D eigenvalue weighted by Gasteiger charge is 2.36. The maximum atomic E-state index is 12.4. The maximum Gasteiger partial charge on any atom is 0.410 e. The van der Waals surface area contributed by atoms with E-state index >= 15 is 0 Å². The number of guanidine groups is 1. The van der Waals surface area contributed by atoms with Gasteiger partial charge in [-0.3, -0.25) is 4.99 Å². The Labute approximate surface area is 179 Å². The normalized spacial score (nSPS) is 21.9. The molecule has 164 valence electrons. The van der Waals surface area contributed by atoms with Crippen LogP contribution in [-0.2, 0) is 11.3 Å². The zero-order valence-electron chi connectivity index (χ0n) is 18.4. The van der Waals surface area contributed by atoms with Gasteiger partial charge in [0.25, 0.3) is 0 Å². The average Bonchev–Trinajstić information content (AvgIpc) is 3.14. The summed E-state index contributed by atoms with van der Waals surface area (Å²) >= 11 is 0. The smallest absolute Gasteiger partial charge is 0.410 e. The SMILES string of the molecule is CC(C)(C)OC(=O)N1CCN2C(NCc3ccnc(N4CCCCC4)c3)=NCC2C1. The Hall–Kier alpha value is -2.51. The van der Waals surface area contributed by atoms with Crippen LogP contribution < -0.4 is 10.2 Å². The first-order chi connectivity index (χ1) is 14.4. The Morgan fingerprint density at radius 2 is 2.00 bits per heavy atom. The number of piperidine rings is 1. The number of pyridine rings is 1. The number of piperazine rings is 1. The molecule has 1 aromatic rings. The Bertz CT molecular complexity index is 784. The first-order valence-electron chi connectivity index (χ1n) is 11.1. The van der Waals surface area contributed by atoms with Gasteiger partial charge in [0, 0.05) is 45.5 Å². The van der Waals surface area contributed by atoms with E-state index in [0.29, 0.717) is 19.6 Å². The van der Waals surface area contributed by atoms with Gasteiger partial charge in [-0.15, -0.1) is 0 Å². The monoisotopic (exact) mass is 414 g/mol. The molecule has 8 heteroatoms. The van der Waals surface area contributed by atoms with Crippen LogP contribution in [0.3, 0.4) is 0 Å². The quantitative estimate of drug-likeness (QED) is 0.819. The standard InChI is InChI=1S/C22H34N6O2/c1-22(2,3)30-21(29)27-11-12-28-18(16-27)15-25-20(28)24-14-17-7-8-23-19(13-17)26-9-5-4-6-10-26/h7-8,13,18H,4-6,9-12,14-16H2,1-3H3,(H,24,25). The molecule has 0 bridgehead atoms. The summed E-state index contributed by atoms with van der Waals surface area (Å²) in [6.45, 7) is 11.4. The molecule has 30 heavy (non-hydrogen) atoms. The predicted octanol–water partition coefficient (Wildman–Crippen LogP) is 2.45. The summed E-state index contributed by atoms with van der Waals surface area (Å²) in [6, 6.07) is 4.47. The molecule has 0 radical (unpaired) electrons. The van der Waals surface area contributed by atoms with Gasteiger partial charge in [-0.1, -0.05) is 0 Å². The summed E-state index contributed by atoms with van der Waals surface area (Å²) < 4.78 is 5.52. The van der Waals surface area contributed by atoms with Crippen molar-refractivity contribution in [3.05, 3.63) is 23.9 Å². The number of hydrogen-bond acceptors (Lipinski definition) is 7. The summed E-state index contributed by atoms with van der Waals surface area (Å²) in [4.78, 5) is 28.1. The molecular weight excluding hydrogens is 380 g/mol. The number of carbonyl (C=O) groups is 1. The molecule has 0 aliphatic carbocycles. The van der Waals surface area contributed by atoms with Crippen molar-refractivity contribution in [3.8, 4) is 0 Å². The summed E-state index contributed by atoms with van der Waals surface area (Å²) in [5.41, 5.74) is 0.745. The fourth-order valence-electron chi connectivity index (χ4n) is 4.27. The molecule has 4 heterocycles. The minimum Gasteiger partial charge on any atom is -0.444 e. The number of aliphatic imine (C=N–C) groups is 1.